The number of H-pyrrole nitrogens is 1. The molecule has 8 heteroatoms. The Kier molecular flexibility index (Phi) is 5.58. The van der Waals surface area contributed by atoms with Crippen molar-refractivity contribution in [1.82, 2.24) is 25.6 Å². The van der Waals surface area contributed by atoms with E-state index in [4.69, 9.17) is 11.1 Å². The number of carbonyl (C=O) groups is 1. The van der Waals surface area contributed by atoms with Gasteiger partial charge in [0.2, 0.25) is 0 Å². The Morgan fingerprint density at radius 2 is 1.91 bits per heavy atom. The number of carbonyl (C=O) groups excluding carboxylic acids is 1. The minimum atomic E-state index is -0.290. The molecule has 0 spiro atoms. The van der Waals surface area contributed by atoms with Crippen molar-refractivity contribution in [3.63, 3.8) is 0 Å². The highest BCUT2D eigenvalue weighted by molar-refractivity contribution is 6.15. The van der Waals surface area contributed by atoms with Gasteiger partial charge in [0.25, 0.3) is 5.91 Å². The van der Waals surface area contributed by atoms with Crippen LogP contribution in [-0.2, 0) is 0 Å². The van der Waals surface area contributed by atoms with E-state index in [-0.39, 0.29) is 23.5 Å². The minimum absolute atomic E-state index is 0.173. The number of imidazole rings is 1. The van der Waals surface area contributed by atoms with Crippen LogP contribution in [0.5, 0.6) is 0 Å². The fraction of sp³-hybridized carbons (Fsp3) is 0.200. The molecule has 0 saturated heterocycles. The summed E-state index contributed by atoms with van der Waals surface area (Å²) < 4.78 is 0. The standard InChI is InChI=1S/C25H25N7O/c26-19-13-21-20(12-18(19)23(27)16-8-10-28-11-9-16)30-24(31-21)25(33)32-22(14-29-17-6-7-17)15-4-2-1-3-5-15/h1-5,8-13,17,22,27,29H,6-7,14,26H2,(H,30,31)(H,32,33)/t22-/m1/s1. The van der Waals surface area contributed by atoms with Crippen LogP contribution in [-0.4, -0.2) is 39.2 Å². The smallest absolute Gasteiger partial charge is 0.287 e. The zero-order valence-corrected chi connectivity index (χ0v) is 18.0. The minimum Gasteiger partial charge on any atom is -0.398 e. The molecule has 0 radical (unpaired) electrons. The number of aromatic amines is 1. The zero-order chi connectivity index (χ0) is 22.8. The molecule has 0 aliphatic heterocycles. The monoisotopic (exact) mass is 439 g/mol. The highest BCUT2D eigenvalue weighted by Gasteiger charge is 2.24. The molecule has 2 aromatic carbocycles. The molecule has 2 aromatic heterocycles. The number of hydrogen-bond acceptors (Lipinski definition) is 6. The van der Waals surface area contributed by atoms with Gasteiger partial charge in [0.15, 0.2) is 5.82 Å². The van der Waals surface area contributed by atoms with Gasteiger partial charge in [0, 0.05) is 41.8 Å². The molecular formula is C25H25N7O. The maximum absolute atomic E-state index is 13.1. The number of amides is 1. The Morgan fingerprint density at radius 1 is 1.15 bits per heavy atom. The van der Waals surface area contributed by atoms with Gasteiger partial charge in [-0.15, -0.1) is 0 Å². The van der Waals surface area contributed by atoms with Crippen molar-refractivity contribution in [3.05, 3.63) is 89.5 Å². The number of nitrogens with one attached hydrogen (secondary N) is 4. The van der Waals surface area contributed by atoms with Crippen molar-refractivity contribution < 1.29 is 4.79 Å². The summed E-state index contributed by atoms with van der Waals surface area (Å²) in [6, 6.07) is 17.3. The summed E-state index contributed by atoms with van der Waals surface area (Å²) in [5.41, 5.74) is 10.5. The van der Waals surface area contributed by atoms with E-state index in [9.17, 15) is 4.79 Å². The van der Waals surface area contributed by atoms with Crippen LogP contribution in [0.2, 0.25) is 0 Å². The van der Waals surface area contributed by atoms with Gasteiger partial charge in [-0.25, -0.2) is 4.98 Å². The Morgan fingerprint density at radius 3 is 2.64 bits per heavy atom. The normalized spacial score (nSPS) is 14.2. The molecular weight excluding hydrogens is 414 g/mol. The summed E-state index contributed by atoms with van der Waals surface area (Å²) in [6.07, 6.45) is 5.63. The predicted octanol–water partition coefficient (Wildman–Crippen LogP) is 3.18. The number of rotatable bonds is 8. The van der Waals surface area contributed by atoms with Crippen LogP contribution in [0.25, 0.3) is 11.0 Å². The second kappa shape index (κ2) is 8.84. The molecule has 8 nitrogen and oxygen atoms in total. The molecule has 0 unspecified atom stereocenters. The summed E-state index contributed by atoms with van der Waals surface area (Å²) in [6.45, 7) is 0.654. The topological polar surface area (TPSA) is 133 Å². The molecule has 4 aromatic rings. The first-order valence-electron chi connectivity index (χ1n) is 11.0. The molecule has 1 amide bonds. The van der Waals surface area contributed by atoms with Gasteiger partial charge in [0.05, 0.1) is 22.8 Å². The Bertz CT molecular complexity index is 1300. The number of nitrogens with zero attached hydrogens (tertiary/aromatic N) is 2. The summed E-state index contributed by atoms with van der Waals surface area (Å²) in [5.74, 6) is -0.0775. The fourth-order valence-corrected chi connectivity index (χ4v) is 3.81. The average molecular weight is 440 g/mol. The maximum Gasteiger partial charge on any atom is 0.287 e. The number of nitrogen functional groups attached to an aromatic ring is 1. The summed E-state index contributed by atoms with van der Waals surface area (Å²) in [7, 11) is 0. The molecule has 6 N–H and O–H groups in total. The van der Waals surface area contributed by atoms with Crippen molar-refractivity contribution in [3.8, 4) is 0 Å². The number of anilines is 1. The van der Waals surface area contributed by atoms with E-state index in [0.29, 0.717) is 40.4 Å². The second-order valence-corrected chi connectivity index (χ2v) is 8.27. The van der Waals surface area contributed by atoms with Crippen LogP contribution in [0.15, 0.2) is 67.0 Å². The lowest BCUT2D eigenvalue weighted by molar-refractivity contribution is 0.0926. The van der Waals surface area contributed by atoms with Crippen molar-refractivity contribution in [2.24, 2.45) is 0 Å². The molecule has 166 valence electrons. The van der Waals surface area contributed by atoms with Gasteiger partial charge in [-0.3, -0.25) is 15.2 Å². The molecule has 1 atom stereocenters. The van der Waals surface area contributed by atoms with Crippen molar-refractivity contribution in [2.75, 3.05) is 12.3 Å². The van der Waals surface area contributed by atoms with Crippen molar-refractivity contribution in [1.29, 1.82) is 5.41 Å². The first-order valence-corrected chi connectivity index (χ1v) is 11.0. The van der Waals surface area contributed by atoms with Gasteiger partial charge in [-0.1, -0.05) is 30.3 Å². The van der Waals surface area contributed by atoms with Gasteiger partial charge in [-0.05, 0) is 42.7 Å². The van der Waals surface area contributed by atoms with Crippen LogP contribution in [0.4, 0.5) is 5.69 Å². The van der Waals surface area contributed by atoms with Crippen LogP contribution in [0.1, 0.15) is 46.2 Å². The second-order valence-electron chi connectivity index (χ2n) is 8.27. The highest BCUT2D eigenvalue weighted by atomic mass is 16.2. The Labute approximate surface area is 191 Å². The molecule has 2 heterocycles. The molecule has 0 bridgehead atoms. The number of nitrogens with two attached hydrogens (primary N) is 1. The zero-order valence-electron chi connectivity index (χ0n) is 18.0. The molecule has 1 saturated carbocycles. The predicted molar refractivity (Wildman–Crippen MR) is 128 cm³/mol. The SMILES string of the molecule is N=C(c1ccncc1)c1cc2[nH]c(C(=O)N[C@H](CNC3CC3)c3ccccc3)nc2cc1N. The van der Waals surface area contributed by atoms with E-state index in [1.54, 1.807) is 36.7 Å². The van der Waals surface area contributed by atoms with E-state index >= 15 is 0 Å². The van der Waals surface area contributed by atoms with E-state index in [1.807, 2.05) is 30.3 Å². The molecule has 33 heavy (non-hydrogen) atoms. The van der Waals surface area contributed by atoms with Gasteiger partial charge >= 0.3 is 0 Å². The average Bonchev–Trinajstić information content (AvgIpc) is 3.59. The third-order valence-electron chi connectivity index (χ3n) is 5.80. The Hall–Kier alpha value is -4.04. The quantitative estimate of drug-likeness (QED) is 0.212. The van der Waals surface area contributed by atoms with Crippen molar-refractivity contribution in [2.45, 2.75) is 24.9 Å². The third kappa shape index (κ3) is 4.61. The number of aromatic nitrogens is 3. The van der Waals surface area contributed by atoms with Gasteiger partial charge < -0.3 is 21.4 Å². The van der Waals surface area contributed by atoms with E-state index < -0.39 is 0 Å². The van der Waals surface area contributed by atoms with E-state index in [2.05, 4.69) is 25.6 Å². The number of hydrogen-bond donors (Lipinski definition) is 5. The Balaban J connectivity index is 1.39. The molecule has 1 fully saturated rings. The lowest BCUT2D eigenvalue weighted by atomic mass is 10.0. The maximum atomic E-state index is 13.1. The third-order valence-corrected chi connectivity index (χ3v) is 5.80. The van der Waals surface area contributed by atoms with Gasteiger partial charge in [0.1, 0.15) is 0 Å². The molecule has 1 aliphatic carbocycles. The molecule has 5 rings (SSSR count). The number of pyridine rings is 1. The largest absolute Gasteiger partial charge is 0.398 e. The number of fused-ring (bicyclic) bond motifs is 1. The van der Waals surface area contributed by atoms with Crippen LogP contribution < -0.4 is 16.4 Å². The lowest BCUT2D eigenvalue weighted by Gasteiger charge is -2.19. The van der Waals surface area contributed by atoms with Crippen LogP contribution in [0, 0.1) is 5.41 Å². The van der Waals surface area contributed by atoms with Crippen molar-refractivity contribution >= 4 is 28.3 Å². The summed E-state index contributed by atoms with van der Waals surface area (Å²) in [4.78, 5) is 24.6. The highest BCUT2D eigenvalue weighted by Crippen LogP contribution is 2.24. The first kappa shape index (κ1) is 20.8. The lowest BCUT2D eigenvalue weighted by Crippen LogP contribution is -2.36. The fourth-order valence-electron chi connectivity index (χ4n) is 3.81. The van der Waals surface area contributed by atoms with Crippen LogP contribution in [0.3, 0.4) is 0 Å². The summed E-state index contributed by atoms with van der Waals surface area (Å²) >= 11 is 0. The van der Waals surface area contributed by atoms with Crippen LogP contribution >= 0.6 is 0 Å². The van der Waals surface area contributed by atoms with Gasteiger partial charge in [-0.2, -0.15) is 0 Å². The number of benzene rings is 2. The van der Waals surface area contributed by atoms with E-state index in [0.717, 1.165) is 5.56 Å². The molecule has 1 aliphatic rings. The summed E-state index contributed by atoms with van der Waals surface area (Å²) in [5, 5.41) is 15.1. The first-order chi connectivity index (χ1) is 16.1. The van der Waals surface area contributed by atoms with E-state index in [1.165, 1.54) is 12.8 Å².